The largest absolute Gasteiger partial charge is 0.465 e. The standard InChI is InChI=1S/C17H30O4/c1-12(10-18)6-7-14-8-9-17(5,20)15(16(14,3)4)11-21-13(2)19/h6,14-15,18,20H,7-11H2,1-5H3/b12-6+/t14-,15+,17+/m0/s1. The van der Waals surface area contributed by atoms with Gasteiger partial charge in [-0.25, -0.2) is 0 Å². The van der Waals surface area contributed by atoms with Crippen LogP contribution >= 0.6 is 0 Å². The number of aliphatic hydroxyl groups excluding tert-OH is 1. The van der Waals surface area contributed by atoms with Crippen LogP contribution in [0.5, 0.6) is 0 Å². The average Bonchev–Trinajstić information content (AvgIpc) is 2.35. The van der Waals surface area contributed by atoms with Crippen molar-refractivity contribution >= 4 is 5.97 Å². The minimum Gasteiger partial charge on any atom is -0.465 e. The van der Waals surface area contributed by atoms with Gasteiger partial charge in [0.2, 0.25) is 0 Å². The highest BCUT2D eigenvalue weighted by molar-refractivity contribution is 5.65. The molecule has 0 radical (unpaired) electrons. The maximum Gasteiger partial charge on any atom is 0.302 e. The molecule has 1 aliphatic carbocycles. The molecule has 0 spiro atoms. The van der Waals surface area contributed by atoms with E-state index in [0.29, 0.717) is 12.3 Å². The SMILES string of the molecule is CC(=O)OC[C@@H]1C(C)(C)[C@@H](C/C=C(\C)CO)CC[C@@]1(C)O. The highest BCUT2D eigenvalue weighted by Gasteiger charge is 2.50. The third-order valence-corrected chi connectivity index (χ3v) is 5.15. The van der Waals surface area contributed by atoms with E-state index in [-0.39, 0.29) is 30.5 Å². The summed E-state index contributed by atoms with van der Waals surface area (Å²) in [4.78, 5) is 11.1. The molecule has 0 heterocycles. The van der Waals surface area contributed by atoms with E-state index in [0.717, 1.165) is 18.4 Å². The van der Waals surface area contributed by atoms with Gasteiger partial charge in [-0.05, 0) is 44.4 Å². The second-order valence-electron chi connectivity index (χ2n) is 7.21. The van der Waals surface area contributed by atoms with Crippen LogP contribution in [0.4, 0.5) is 0 Å². The monoisotopic (exact) mass is 298 g/mol. The molecule has 0 saturated heterocycles. The van der Waals surface area contributed by atoms with Gasteiger partial charge in [0.15, 0.2) is 0 Å². The topological polar surface area (TPSA) is 66.8 Å². The molecule has 122 valence electrons. The molecule has 1 fully saturated rings. The highest BCUT2D eigenvalue weighted by atomic mass is 16.5. The molecule has 1 saturated carbocycles. The van der Waals surface area contributed by atoms with E-state index in [1.807, 2.05) is 13.8 Å². The molecule has 0 unspecified atom stereocenters. The summed E-state index contributed by atoms with van der Waals surface area (Å²) in [7, 11) is 0. The van der Waals surface area contributed by atoms with E-state index in [2.05, 4.69) is 19.9 Å². The van der Waals surface area contributed by atoms with Crippen molar-refractivity contribution in [3.63, 3.8) is 0 Å². The number of ether oxygens (including phenoxy) is 1. The third kappa shape index (κ3) is 4.55. The van der Waals surface area contributed by atoms with Crippen LogP contribution in [0.3, 0.4) is 0 Å². The van der Waals surface area contributed by atoms with Gasteiger partial charge in [0.1, 0.15) is 0 Å². The van der Waals surface area contributed by atoms with Crippen LogP contribution in [-0.4, -0.2) is 35.0 Å². The molecule has 0 aromatic heterocycles. The number of allylic oxidation sites excluding steroid dienone is 1. The van der Waals surface area contributed by atoms with Gasteiger partial charge < -0.3 is 14.9 Å². The van der Waals surface area contributed by atoms with Crippen LogP contribution in [-0.2, 0) is 9.53 Å². The number of carbonyl (C=O) groups excluding carboxylic acids is 1. The molecule has 4 heteroatoms. The Morgan fingerprint density at radius 3 is 2.48 bits per heavy atom. The van der Waals surface area contributed by atoms with Gasteiger partial charge in [0.05, 0.1) is 18.8 Å². The molecule has 4 nitrogen and oxygen atoms in total. The molecule has 21 heavy (non-hydrogen) atoms. The Balaban J connectivity index is 2.88. The van der Waals surface area contributed by atoms with E-state index in [4.69, 9.17) is 9.84 Å². The molecular formula is C17H30O4. The Kier molecular flexibility index (Phi) is 6.00. The van der Waals surface area contributed by atoms with Gasteiger partial charge >= 0.3 is 5.97 Å². The first-order valence-corrected chi connectivity index (χ1v) is 7.73. The second-order valence-corrected chi connectivity index (χ2v) is 7.21. The van der Waals surface area contributed by atoms with Crippen molar-refractivity contribution in [1.82, 2.24) is 0 Å². The smallest absolute Gasteiger partial charge is 0.302 e. The summed E-state index contributed by atoms with van der Waals surface area (Å²) in [5, 5.41) is 19.8. The van der Waals surface area contributed by atoms with Crippen molar-refractivity contribution in [2.75, 3.05) is 13.2 Å². The molecular weight excluding hydrogens is 268 g/mol. The first kappa shape index (κ1) is 18.2. The minimum absolute atomic E-state index is 0.0851. The zero-order valence-corrected chi connectivity index (χ0v) is 14.0. The summed E-state index contributed by atoms with van der Waals surface area (Å²) in [5.41, 5.74) is 0.0221. The summed E-state index contributed by atoms with van der Waals surface area (Å²) >= 11 is 0. The molecule has 2 N–H and O–H groups in total. The Morgan fingerprint density at radius 2 is 1.95 bits per heavy atom. The maximum absolute atomic E-state index is 11.1. The lowest BCUT2D eigenvalue weighted by Crippen LogP contribution is -2.53. The van der Waals surface area contributed by atoms with Crippen LogP contribution in [0.15, 0.2) is 11.6 Å². The van der Waals surface area contributed by atoms with Gasteiger partial charge in [0, 0.05) is 12.8 Å². The number of hydrogen-bond acceptors (Lipinski definition) is 4. The van der Waals surface area contributed by atoms with Crippen LogP contribution in [0.2, 0.25) is 0 Å². The lowest BCUT2D eigenvalue weighted by molar-refractivity contribution is -0.161. The second kappa shape index (κ2) is 6.93. The maximum atomic E-state index is 11.1. The molecule has 3 atom stereocenters. The average molecular weight is 298 g/mol. The molecule has 0 bridgehead atoms. The first-order chi connectivity index (χ1) is 9.61. The Labute approximate surface area is 128 Å². The fourth-order valence-corrected chi connectivity index (χ4v) is 3.52. The minimum atomic E-state index is -0.814. The van der Waals surface area contributed by atoms with Gasteiger partial charge in [-0.1, -0.05) is 25.5 Å². The van der Waals surface area contributed by atoms with Crippen molar-refractivity contribution in [3.8, 4) is 0 Å². The Hall–Kier alpha value is -0.870. The summed E-state index contributed by atoms with van der Waals surface area (Å²) in [6.45, 7) is 9.78. The zero-order chi connectivity index (χ0) is 16.3. The van der Waals surface area contributed by atoms with Gasteiger partial charge in [-0.2, -0.15) is 0 Å². The fraction of sp³-hybridized carbons (Fsp3) is 0.824. The van der Waals surface area contributed by atoms with Crippen LogP contribution < -0.4 is 0 Å². The van der Waals surface area contributed by atoms with Crippen molar-refractivity contribution in [2.24, 2.45) is 17.3 Å². The summed E-state index contributed by atoms with van der Waals surface area (Å²) in [6, 6.07) is 0. The normalized spacial score (nSPS) is 32.8. The molecule has 1 aliphatic rings. The van der Waals surface area contributed by atoms with Gasteiger partial charge in [-0.15, -0.1) is 0 Å². The lowest BCUT2D eigenvalue weighted by Gasteiger charge is -2.52. The van der Waals surface area contributed by atoms with E-state index in [1.165, 1.54) is 6.92 Å². The third-order valence-electron chi connectivity index (χ3n) is 5.15. The van der Waals surface area contributed by atoms with E-state index >= 15 is 0 Å². The van der Waals surface area contributed by atoms with Crippen LogP contribution in [0.1, 0.15) is 53.9 Å². The molecule has 0 aliphatic heterocycles. The van der Waals surface area contributed by atoms with Crippen molar-refractivity contribution in [3.05, 3.63) is 11.6 Å². The molecule has 0 amide bonds. The Morgan fingerprint density at radius 1 is 1.33 bits per heavy atom. The van der Waals surface area contributed by atoms with E-state index < -0.39 is 5.60 Å². The summed E-state index contributed by atoms with van der Waals surface area (Å²) in [5.74, 6) is 0.00927. The summed E-state index contributed by atoms with van der Waals surface area (Å²) < 4.78 is 5.19. The van der Waals surface area contributed by atoms with Crippen molar-refractivity contribution in [2.45, 2.75) is 59.5 Å². The van der Waals surface area contributed by atoms with Crippen LogP contribution in [0.25, 0.3) is 0 Å². The quantitative estimate of drug-likeness (QED) is 0.605. The Bertz CT molecular complexity index is 396. The van der Waals surface area contributed by atoms with E-state index in [1.54, 1.807) is 0 Å². The fourth-order valence-electron chi connectivity index (χ4n) is 3.52. The predicted octanol–water partition coefficient (Wildman–Crippen LogP) is 2.68. The number of carbonyl (C=O) groups is 1. The number of hydrogen-bond donors (Lipinski definition) is 2. The molecule has 0 aromatic carbocycles. The van der Waals surface area contributed by atoms with Crippen LogP contribution in [0, 0.1) is 17.3 Å². The van der Waals surface area contributed by atoms with Gasteiger partial charge in [0.25, 0.3) is 0 Å². The number of rotatable bonds is 5. The molecule has 1 rings (SSSR count). The highest BCUT2D eigenvalue weighted by Crippen LogP contribution is 2.51. The van der Waals surface area contributed by atoms with Gasteiger partial charge in [-0.3, -0.25) is 4.79 Å². The summed E-state index contributed by atoms with van der Waals surface area (Å²) in [6.07, 6.45) is 4.60. The predicted molar refractivity (Wildman–Crippen MR) is 82.7 cm³/mol. The number of aliphatic hydroxyl groups is 2. The lowest BCUT2D eigenvalue weighted by atomic mass is 9.56. The first-order valence-electron chi connectivity index (χ1n) is 7.73. The van der Waals surface area contributed by atoms with Crippen molar-refractivity contribution < 1.29 is 19.7 Å². The van der Waals surface area contributed by atoms with E-state index in [9.17, 15) is 9.90 Å². The zero-order valence-electron chi connectivity index (χ0n) is 14.0. The molecule has 0 aromatic rings. The van der Waals surface area contributed by atoms with Crippen molar-refractivity contribution in [1.29, 1.82) is 0 Å². The number of esters is 1.